The summed E-state index contributed by atoms with van der Waals surface area (Å²) in [7, 11) is 4.10. The minimum atomic E-state index is 0.920. The molecule has 0 atom stereocenters. The van der Waals surface area contributed by atoms with Gasteiger partial charge in [0.25, 0.3) is 0 Å². The van der Waals surface area contributed by atoms with Gasteiger partial charge in [-0.1, -0.05) is 18.2 Å². The van der Waals surface area contributed by atoms with Crippen LogP contribution in [0.25, 0.3) is 6.08 Å². The fraction of sp³-hybridized carbons (Fsp3) is 0.190. The summed E-state index contributed by atoms with van der Waals surface area (Å²) in [5.74, 6) is 1.86. The molecule has 0 amide bonds. The van der Waals surface area contributed by atoms with E-state index in [0.717, 1.165) is 28.2 Å². The number of rotatable bonds is 1. The molecular weight excluding hydrogens is 282 g/mol. The Morgan fingerprint density at radius 2 is 1.74 bits per heavy atom. The smallest absolute Gasteiger partial charge is 0.199 e. The highest BCUT2D eigenvalue weighted by Gasteiger charge is 2.15. The van der Waals surface area contributed by atoms with E-state index in [4.69, 9.17) is 4.74 Å². The highest BCUT2D eigenvalue weighted by molar-refractivity contribution is 6.02. The number of nitrogens with zero attached hydrogens (tertiary/aromatic N) is 1. The van der Waals surface area contributed by atoms with Gasteiger partial charge in [-0.15, -0.1) is 0 Å². The first-order valence-corrected chi connectivity index (χ1v) is 7.83. The molecule has 0 unspecified atom stereocenters. The average molecular weight is 304 g/mol. The number of allylic oxidation sites excluding steroid dienone is 8. The molecule has 1 aliphatic carbocycles. The van der Waals surface area contributed by atoms with Crippen molar-refractivity contribution in [3.05, 3.63) is 82.7 Å². The van der Waals surface area contributed by atoms with Crippen LogP contribution in [-0.2, 0) is 0 Å². The van der Waals surface area contributed by atoms with Crippen molar-refractivity contribution in [3.8, 4) is 5.75 Å². The summed E-state index contributed by atoms with van der Waals surface area (Å²) in [6, 6.07) is 8.13. The lowest BCUT2D eigenvalue weighted by atomic mass is 10.0. The van der Waals surface area contributed by atoms with Gasteiger partial charge in [0, 0.05) is 17.7 Å². The summed E-state index contributed by atoms with van der Waals surface area (Å²) < 4.78 is 8.21. The van der Waals surface area contributed by atoms with E-state index in [1.54, 1.807) is 0 Å². The minimum Gasteiger partial charge on any atom is -0.456 e. The number of benzene rings is 1. The van der Waals surface area contributed by atoms with E-state index in [-0.39, 0.29) is 0 Å². The van der Waals surface area contributed by atoms with Crippen molar-refractivity contribution in [2.75, 3.05) is 14.1 Å². The van der Waals surface area contributed by atoms with E-state index in [9.17, 15) is 0 Å². The second-order valence-corrected chi connectivity index (χ2v) is 6.11. The van der Waals surface area contributed by atoms with Gasteiger partial charge in [0.1, 0.15) is 25.6 Å². The molecule has 0 aromatic heterocycles. The molecule has 1 heterocycles. The van der Waals surface area contributed by atoms with Gasteiger partial charge in [-0.2, -0.15) is 0 Å². The lowest BCUT2D eigenvalue weighted by Gasteiger charge is -2.20. The molecule has 0 spiro atoms. The lowest BCUT2D eigenvalue weighted by Crippen LogP contribution is -2.09. The van der Waals surface area contributed by atoms with Crippen molar-refractivity contribution in [1.82, 2.24) is 0 Å². The predicted octanol–water partition coefficient (Wildman–Crippen LogP) is 4.52. The fourth-order valence-electron chi connectivity index (χ4n) is 2.76. The Balaban J connectivity index is 1.92. The highest BCUT2D eigenvalue weighted by Crippen LogP contribution is 2.33. The average Bonchev–Trinajstić information content (AvgIpc) is 2.54. The van der Waals surface area contributed by atoms with Crippen molar-refractivity contribution >= 4 is 11.8 Å². The third-order valence-corrected chi connectivity index (χ3v) is 4.01. The van der Waals surface area contributed by atoms with Crippen LogP contribution < -0.4 is 4.74 Å². The van der Waals surface area contributed by atoms with Gasteiger partial charge in [0.05, 0.1) is 0 Å². The van der Waals surface area contributed by atoms with Crippen molar-refractivity contribution in [2.24, 2.45) is 0 Å². The fourth-order valence-corrected chi connectivity index (χ4v) is 2.76. The topological polar surface area (TPSA) is 12.2 Å². The summed E-state index contributed by atoms with van der Waals surface area (Å²) >= 11 is 0. The molecular formula is C21H22NO+. The molecule has 0 saturated carbocycles. The number of hydrogen-bond acceptors (Lipinski definition) is 1. The summed E-state index contributed by atoms with van der Waals surface area (Å²) in [4.78, 5) is 0. The number of fused-ring (bicyclic) bond motifs is 1. The Labute approximate surface area is 138 Å². The minimum absolute atomic E-state index is 0.920. The Morgan fingerprint density at radius 1 is 1.04 bits per heavy atom. The van der Waals surface area contributed by atoms with Crippen LogP contribution in [-0.4, -0.2) is 24.4 Å². The molecule has 0 N–H and O–H groups in total. The van der Waals surface area contributed by atoms with Crippen LogP contribution in [0.3, 0.4) is 0 Å². The molecule has 0 saturated heterocycles. The van der Waals surface area contributed by atoms with Gasteiger partial charge >= 0.3 is 0 Å². The van der Waals surface area contributed by atoms with Crippen LogP contribution in [0, 0.1) is 0 Å². The monoisotopic (exact) mass is 304 g/mol. The molecule has 3 rings (SSSR count). The zero-order chi connectivity index (χ0) is 16.4. The summed E-state index contributed by atoms with van der Waals surface area (Å²) in [6.45, 7) is 4.19. The third kappa shape index (κ3) is 3.26. The van der Waals surface area contributed by atoms with Crippen LogP contribution >= 0.6 is 0 Å². The zero-order valence-electron chi connectivity index (χ0n) is 14.1. The largest absolute Gasteiger partial charge is 0.456 e. The van der Waals surface area contributed by atoms with Crippen molar-refractivity contribution in [3.63, 3.8) is 0 Å². The molecule has 2 nitrogen and oxygen atoms in total. The Kier molecular flexibility index (Phi) is 4.16. The molecule has 2 aliphatic rings. The molecule has 0 radical (unpaired) electrons. The Hall–Kier alpha value is -2.61. The summed E-state index contributed by atoms with van der Waals surface area (Å²) in [6.07, 6.45) is 12.9. The Morgan fingerprint density at radius 3 is 2.43 bits per heavy atom. The summed E-state index contributed by atoms with van der Waals surface area (Å²) in [5.41, 5.74) is 5.80. The van der Waals surface area contributed by atoms with Crippen LogP contribution in [0.4, 0.5) is 0 Å². The number of para-hydroxylation sites is 1. The first kappa shape index (κ1) is 15.3. The van der Waals surface area contributed by atoms with Crippen molar-refractivity contribution < 1.29 is 9.31 Å². The molecule has 0 bridgehead atoms. The van der Waals surface area contributed by atoms with Gasteiger partial charge in [0.2, 0.25) is 0 Å². The van der Waals surface area contributed by atoms with Crippen molar-refractivity contribution in [1.29, 1.82) is 0 Å². The molecule has 1 aliphatic heterocycles. The SMILES string of the molecule is CC1=Cc2ccccc2O/C1=C(/C)C=C1C=CC(=[N+](C)C)C=C1. The van der Waals surface area contributed by atoms with E-state index in [1.165, 1.54) is 11.3 Å². The molecule has 2 heteroatoms. The lowest BCUT2D eigenvalue weighted by molar-refractivity contribution is -0.462. The van der Waals surface area contributed by atoms with Crippen LogP contribution in [0.5, 0.6) is 5.75 Å². The zero-order valence-corrected chi connectivity index (χ0v) is 14.1. The van der Waals surface area contributed by atoms with Gasteiger partial charge in [-0.05, 0) is 60.9 Å². The second-order valence-electron chi connectivity index (χ2n) is 6.11. The highest BCUT2D eigenvalue weighted by atomic mass is 16.5. The molecule has 23 heavy (non-hydrogen) atoms. The molecule has 1 aromatic rings. The number of hydrogen-bond donors (Lipinski definition) is 0. The van der Waals surface area contributed by atoms with Gasteiger partial charge in [-0.3, -0.25) is 0 Å². The van der Waals surface area contributed by atoms with Gasteiger partial charge in [0.15, 0.2) is 5.71 Å². The molecule has 1 aromatic carbocycles. The van der Waals surface area contributed by atoms with Crippen LogP contribution in [0.1, 0.15) is 19.4 Å². The maximum Gasteiger partial charge on any atom is 0.199 e. The van der Waals surface area contributed by atoms with E-state index in [1.807, 2.05) is 32.3 Å². The maximum absolute atomic E-state index is 6.11. The normalized spacial score (nSPS) is 18.2. The number of ether oxygens (including phenoxy) is 1. The molecule has 0 fully saturated rings. The first-order chi connectivity index (χ1) is 11.0. The third-order valence-electron chi connectivity index (χ3n) is 4.01. The Bertz CT molecular complexity index is 807. The van der Waals surface area contributed by atoms with E-state index >= 15 is 0 Å². The second kappa shape index (κ2) is 6.25. The van der Waals surface area contributed by atoms with E-state index < -0.39 is 0 Å². The van der Waals surface area contributed by atoms with Crippen molar-refractivity contribution in [2.45, 2.75) is 13.8 Å². The van der Waals surface area contributed by atoms with Crippen LogP contribution in [0.2, 0.25) is 0 Å². The van der Waals surface area contributed by atoms with Gasteiger partial charge in [-0.25, -0.2) is 4.58 Å². The quantitative estimate of drug-likeness (QED) is 0.695. The van der Waals surface area contributed by atoms with E-state index in [2.05, 4.69) is 60.9 Å². The summed E-state index contributed by atoms with van der Waals surface area (Å²) in [5, 5.41) is 0. The molecule has 116 valence electrons. The van der Waals surface area contributed by atoms with E-state index in [0.29, 0.717) is 0 Å². The van der Waals surface area contributed by atoms with Gasteiger partial charge < -0.3 is 4.74 Å². The predicted molar refractivity (Wildman–Crippen MR) is 96.9 cm³/mol. The first-order valence-electron chi connectivity index (χ1n) is 7.83. The van der Waals surface area contributed by atoms with Crippen LogP contribution in [0.15, 0.2) is 77.1 Å². The maximum atomic E-state index is 6.11. The standard InChI is InChI=1S/C21H22NO/c1-15(13-17-9-11-19(12-10-17)22(3)4)21-16(2)14-18-7-5-6-8-20(18)23-21/h5-14H,1-4H3/q+1/b21-15-.